The monoisotopic (exact) mass is 289 g/mol. The zero-order valence-corrected chi connectivity index (χ0v) is 11.0. The molecule has 1 aliphatic rings. The molecule has 6 nitrogen and oxygen atoms in total. The number of piperidine rings is 1. The van der Waals surface area contributed by atoms with Crippen molar-refractivity contribution in [1.29, 1.82) is 0 Å². The Kier molecular flexibility index (Phi) is 4.11. The Morgan fingerprint density at radius 2 is 2.11 bits per heavy atom. The molecule has 98 valence electrons. The SMILES string of the molecule is NNc1nc(NC2CCCNC2=O)c(Cl)cc1Cl. The van der Waals surface area contributed by atoms with Crippen molar-refractivity contribution in [2.75, 3.05) is 17.3 Å². The van der Waals surface area contributed by atoms with Crippen LogP contribution in [0.1, 0.15) is 12.8 Å². The van der Waals surface area contributed by atoms with E-state index in [0.29, 0.717) is 28.2 Å². The lowest BCUT2D eigenvalue weighted by Crippen LogP contribution is -2.44. The molecule has 2 heterocycles. The van der Waals surface area contributed by atoms with Gasteiger partial charge in [-0.15, -0.1) is 0 Å². The molecular weight excluding hydrogens is 277 g/mol. The van der Waals surface area contributed by atoms with E-state index in [1.165, 1.54) is 6.07 Å². The van der Waals surface area contributed by atoms with Gasteiger partial charge < -0.3 is 16.1 Å². The quantitative estimate of drug-likeness (QED) is 0.498. The minimum Gasteiger partial charge on any atom is -0.357 e. The molecule has 0 bridgehead atoms. The number of nitrogens with zero attached hydrogens (tertiary/aromatic N) is 1. The van der Waals surface area contributed by atoms with Gasteiger partial charge >= 0.3 is 0 Å². The summed E-state index contributed by atoms with van der Waals surface area (Å²) < 4.78 is 0. The predicted molar refractivity (Wildman–Crippen MR) is 71.7 cm³/mol. The number of nitrogens with one attached hydrogen (secondary N) is 3. The molecule has 2 rings (SSSR count). The second kappa shape index (κ2) is 5.60. The van der Waals surface area contributed by atoms with Crippen molar-refractivity contribution in [2.24, 2.45) is 5.84 Å². The summed E-state index contributed by atoms with van der Waals surface area (Å²) in [6, 6.07) is 1.18. The molecule has 0 saturated carbocycles. The largest absolute Gasteiger partial charge is 0.357 e. The second-order valence-corrected chi connectivity index (χ2v) is 4.74. The van der Waals surface area contributed by atoms with E-state index in [-0.39, 0.29) is 11.9 Å². The van der Waals surface area contributed by atoms with E-state index >= 15 is 0 Å². The molecule has 1 unspecified atom stereocenters. The standard InChI is InChI=1S/C10H13Cl2N5O/c11-5-4-6(12)9(17-13)16-8(5)15-7-2-1-3-14-10(7)18/h4,7H,1-3,13H2,(H,14,18)(H2,15,16,17). The smallest absolute Gasteiger partial charge is 0.242 e. The van der Waals surface area contributed by atoms with Gasteiger partial charge in [0.25, 0.3) is 0 Å². The van der Waals surface area contributed by atoms with Crippen molar-refractivity contribution in [1.82, 2.24) is 10.3 Å². The molecule has 0 radical (unpaired) electrons. The molecule has 1 aliphatic heterocycles. The van der Waals surface area contributed by atoms with E-state index in [1.54, 1.807) is 0 Å². The highest BCUT2D eigenvalue weighted by molar-refractivity contribution is 6.37. The number of halogens is 2. The number of nitrogens with two attached hydrogens (primary N) is 1. The van der Waals surface area contributed by atoms with Gasteiger partial charge in [-0.25, -0.2) is 10.8 Å². The maximum atomic E-state index is 11.6. The molecule has 0 aliphatic carbocycles. The summed E-state index contributed by atoms with van der Waals surface area (Å²) >= 11 is 11.9. The first-order valence-electron chi connectivity index (χ1n) is 5.48. The molecule has 5 N–H and O–H groups in total. The van der Waals surface area contributed by atoms with E-state index in [1.807, 2.05) is 0 Å². The van der Waals surface area contributed by atoms with Gasteiger partial charge in [-0.2, -0.15) is 0 Å². The summed E-state index contributed by atoms with van der Waals surface area (Å²) in [6.07, 6.45) is 1.65. The fourth-order valence-corrected chi connectivity index (χ4v) is 2.21. The van der Waals surface area contributed by atoms with E-state index in [0.717, 1.165) is 12.8 Å². The topological polar surface area (TPSA) is 92.1 Å². The van der Waals surface area contributed by atoms with Crippen LogP contribution in [0.5, 0.6) is 0 Å². The first-order valence-corrected chi connectivity index (χ1v) is 6.24. The van der Waals surface area contributed by atoms with Crippen molar-refractivity contribution in [3.63, 3.8) is 0 Å². The van der Waals surface area contributed by atoms with E-state index in [2.05, 4.69) is 21.0 Å². The van der Waals surface area contributed by atoms with Crippen LogP contribution in [0.4, 0.5) is 11.6 Å². The number of hydrogen-bond donors (Lipinski definition) is 4. The molecule has 1 atom stereocenters. The Balaban J connectivity index is 2.20. The van der Waals surface area contributed by atoms with E-state index < -0.39 is 0 Å². The third-order valence-corrected chi connectivity index (χ3v) is 3.24. The van der Waals surface area contributed by atoms with Gasteiger partial charge in [0.15, 0.2) is 5.82 Å². The minimum absolute atomic E-state index is 0.0590. The molecule has 1 fully saturated rings. The molecule has 1 saturated heterocycles. The second-order valence-electron chi connectivity index (χ2n) is 3.92. The highest BCUT2D eigenvalue weighted by Crippen LogP contribution is 2.29. The average Bonchev–Trinajstić information content (AvgIpc) is 2.35. The Bertz CT molecular complexity index is 468. The van der Waals surface area contributed by atoms with Crippen LogP contribution in [-0.2, 0) is 4.79 Å². The van der Waals surface area contributed by atoms with Gasteiger partial charge in [0.1, 0.15) is 11.9 Å². The van der Waals surface area contributed by atoms with Gasteiger partial charge in [-0.3, -0.25) is 4.79 Å². The number of carbonyl (C=O) groups is 1. The number of hydrogen-bond acceptors (Lipinski definition) is 5. The number of pyridine rings is 1. The van der Waals surface area contributed by atoms with Gasteiger partial charge in [-0.1, -0.05) is 23.2 Å². The zero-order chi connectivity index (χ0) is 13.1. The minimum atomic E-state index is -0.337. The fourth-order valence-electron chi connectivity index (χ4n) is 1.74. The first kappa shape index (κ1) is 13.2. The van der Waals surface area contributed by atoms with Gasteiger partial charge in [-0.05, 0) is 18.9 Å². The van der Waals surface area contributed by atoms with Crippen LogP contribution in [0, 0.1) is 0 Å². The summed E-state index contributed by atoms with van der Waals surface area (Å²) in [5.74, 6) is 5.91. The Hall–Kier alpha value is -1.24. The van der Waals surface area contributed by atoms with Crippen LogP contribution in [0.3, 0.4) is 0 Å². The summed E-state index contributed by atoms with van der Waals surface area (Å²) in [5, 5.41) is 6.43. The number of hydrazine groups is 1. The highest BCUT2D eigenvalue weighted by atomic mass is 35.5. The zero-order valence-electron chi connectivity index (χ0n) is 9.46. The normalized spacial score (nSPS) is 19.3. The lowest BCUT2D eigenvalue weighted by Gasteiger charge is -2.23. The van der Waals surface area contributed by atoms with Crippen molar-refractivity contribution in [3.8, 4) is 0 Å². The van der Waals surface area contributed by atoms with Crippen LogP contribution in [-0.4, -0.2) is 23.5 Å². The average molecular weight is 290 g/mol. The highest BCUT2D eigenvalue weighted by Gasteiger charge is 2.23. The third kappa shape index (κ3) is 2.77. The van der Waals surface area contributed by atoms with Gasteiger partial charge in [0, 0.05) is 6.54 Å². The number of amides is 1. The van der Waals surface area contributed by atoms with E-state index in [9.17, 15) is 4.79 Å². The van der Waals surface area contributed by atoms with Crippen LogP contribution in [0.25, 0.3) is 0 Å². The van der Waals surface area contributed by atoms with Crippen molar-refractivity contribution in [3.05, 3.63) is 16.1 Å². The molecule has 8 heteroatoms. The first-order chi connectivity index (χ1) is 8.61. The van der Waals surface area contributed by atoms with Gasteiger partial charge in [0.05, 0.1) is 10.0 Å². The van der Waals surface area contributed by atoms with Gasteiger partial charge in [0.2, 0.25) is 5.91 Å². The molecule has 18 heavy (non-hydrogen) atoms. The maximum absolute atomic E-state index is 11.6. The summed E-state index contributed by atoms with van der Waals surface area (Å²) in [4.78, 5) is 15.7. The van der Waals surface area contributed by atoms with Crippen molar-refractivity contribution >= 4 is 40.7 Å². The molecule has 0 aromatic carbocycles. The number of carbonyl (C=O) groups excluding carboxylic acids is 1. The number of aromatic nitrogens is 1. The van der Waals surface area contributed by atoms with Crippen LogP contribution < -0.4 is 21.9 Å². The van der Waals surface area contributed by atoms with Crippen molar-refractivity contribution < 1.29 is 4.79 Å². The van der Waals surface area contributed by atoms with Crippen LogP contribution >= 0.6 is 23.2 Å². The van der Waals surface area contributed by atoms with Crippen LogP contribution in [0.15, 0.2) is 6.07 Å². The number of anilines is 2. The lowest BCUT2D eigenvalue weighted by molar-refractivity contribution is -0.123. The predicted octanol–water partition coefficient (Wildman–Crippen LogP) is 1.36. The summed E-state index contributed by atoms with van der Waals surface area (Å²) in [6.45, 7) is 0.703. The maximum Gasteiger partial charge on any atom is 0.242 e. The fraction of sp³-hybridized carbons (Fsp3) is 0.400. The molecule has 0 spiro atoms. The third-order valence-electron chi connectivity index (χ3n) is 2.66. The Morgan fingerprint density at radius 3 is 2.78 bits per heavy atom. The molecule has 1 amide bonds. The molecular formula is C10H13Cl2N5O. The summed E-state index contributed by atoms with van der Waals surface area (Å²) in [7, 11) is 0. The Labute approximate surface area is 114 Å². The van der Waals surface area contributed by atoms with E-state index in [4.69, 9.17) is 29.0 Å². The Morgan fingerprint density at radius 1 is 1.39 bits per heavy atom. The van der Waals surface area contributed by atoms with Crippen LogP contribution in [0.2, 0.25) is 10.0 Å². The molecule has 1 aromatic heterocycles. The summed E-state index contributed by atoms with van der Waals surface area (Å²) in [5.41, 5.74) is 2.37. The lowest BCUT2D eigenvalue weighted by atomic mass is 10.1. The number of nitrogen functional groups attached to an aromatic ring is 1. The molecule has 1 aromatic rings. The van der Waals surface area contributed by atoms with Crippen molar-refractivity contribution in [2.45, 2.75) is 18.9 Å². The number of rotatable bonds is 3.